The highest BCUT2D eigenvalue weighted by atomic mass is 32.2. The van der Waals surface area contributed by atoms with Gasteiger partial charge in [-0.3, -0.25) is 15.0 Å². The smallest absolute Gasteiger partial charge is 0.248 e. The summed E-state index contributed by atoms with van der Waals surface area (Å²) in [5, 5.41) is 7.14. The molecule has 0 aliphatic carbocycles. The fourth-order valence-corrected chi connectivity index (χ4v) is 4.75. The molecule has 0 bridgehead atoms. The molecule has 0 saturated carbocycles. The molecule has 3 aromatic rings. The molecule has 1 unspecified atom stereocenters. The van der Waals surface area contributed by atoms with E-state index in [0.717, 1.165) is 11.1 Å². The Labute approximate surface area is 175 Å². The Morgan fingerprint density at radius 2 is 1.63 bits per heavy atom. The van der Waals surface area contributed by atoms with E-state index in [4.69, 9.17) is 0 Å². The van der Waals surface area contributed by atoms with Gasteiger partial charge in [0.15, 0.2) is 9.84 Å². The van der Waals surface area contributed by atoms with Gasteiger partial charge in [-0.1, -0.05) is 60.7 Å². The van der Waals surface area contributed by atoms with Crippen LogP contribution in [0.15, 0.2) is 67.0 Å². The standard InChI is InChI=1S/C21H23N5O3S/c27-20(23-21-22-16-26(24-21)15-17-7-3-1-4-8-17)19(18-9-5-2-6-10-18)25-11-13-30(28,29)14-12-25/h1-10,16,19H,11-15H2,(H,23,24,27). The lowest BCUT2D eigenvalue weighted by Crippen LogP contribution is -2.46. The van der Waals surface area contributed by atoms with Crippen molar-refractivity contribution < 1.29 is 13.2 Å². The molecule has 0 spiro atoms. The summed E-state index contributed by atoms with van der Waals surface area (Å²) in [6.45, 7) is 1.17. The summed E-state index contributed by atoms with van der Waals surface area (Å²) in [5.74, 6) is 0.0423. The van der Waals surface area contributed by atoms with E-state index >= 15 is 0 Å². The predicted octanol–water partition coefficient (Wildman–Crippen LogP) is 1.74. The first-order valence-electron chi connectivity index (χ1n) is 9.74. The molecular weight excluding hydrogens is 402 g/mol. The molecule has 156 valence electrons. The predicted molar refractivity (Wildman–Crippen MR) is 114 cm³/mol. The largest absolute Gasteiger partial charge is 0.292 e. The second-order valence-electron chi connectivity index (χ2n) is 7.24. The summed E-state index contributed by atoms with van der Waals surface area (Å²) < 4.78 is 25.3. The van der Waals surface area contributed by atoms with Crippen LogP contribution in [0.4, 0.5) is 5.95 Å². The quantitative estimate of drug-likeness (QED) is 0.646. The van der Waals surface area contributed by atoms with Gasteiger partial charge >= 0.3 is 0 Å². The fraction of sp³-hybridized carbons (Fsp3) is 0.286. The number of rotatable bonds is 6. The van der Waals surface area contributed by atoms with E-state index in [9.17, 15) is 13.2 Å². The number of aromatic nitrogens is 3. The van der Waals surface area contributed by atoms with Crippen molar-refractivity contribution >= 4 is 21.7 Å². The van der Waals surface area contributed by atoms with E-state index in [0.29, 0.717) is 19.6 Å². The molecule has 1 aliphatic heterocycles. The monoisotopic (exact) mass is 425 g/mol. The van der Waals surface area contributed by atoms with Crippen LogP contribution in [0.5, 0.6) is 0 Å². The maximum Gasteiger partial charge on any atom is 0.248 e. The highest BCUT2D eigenvalue weighted by Crippen LogP contribution is 2.24. The Morgan fingerprint density at radius 3 is 2.30 bits per heavy atom. The molecule has 1 N–H and O–H groups in total. The Balaban J connectivity index is 1.50. The third-order valence-corrected chi connectivity index (χ3v) is 6.68. The first-order valence-corrected chi connectivity index (χ1v) is 11.6. The maximum absolute atomic E-state index is 13.1. The molecule has 1 saturated heterocycles. The molecule has 4 rings (SSSR count). The van der Waals surface area contributed by atoms with E-state index < -0.39 is 15.9 Å². The van der Waals surface area contributed by atoms with Gasteiger partial charge < -0.3 is 0 Å². The first kappa shape index (κ1) is 20.2. The summed E-state index contributed by atoms with van der Waals surface area (Å²) in [6.07, 6.45) is 1.58. The average Bonchev–Trinajstić information content (AvgIpc) is 3.17. The van der Waals surface area contributed by atoms with Crippen LogP contribution in [-0.4, -0.2) is 58.6 Å². The minimum absolute atomic E-state index is 0.0492. The molecule has 2 aromatic carbocycles. The Morgan fingerprint density at radius 1 is 1.00 bits per heavy atom. The van der Waals surface area contributed by atoms with Crippen molar-refractivity contribution in [2.75, 3.05) is 29.9 Å². The number of carbonyl (C=O) groups is 1. The van der Waals surface area contributed by atoms with Gasteiger partial charge in [-0.25, -0.2) is 18.1 Å². The highest BCUT2D eigenvalue weighted by Gasteiger charge is 2.33. The van der Waals surface area contributed by atoms with Crippen LogP contribution in [0.25, 0.3) is 0 Å². The van der Waals surface area contributed by atoms with Crippen molar-refractivity contribution in [3.05, 3.63) is 78.1 Å². The number of nitrogens with zero attached hydrogens (tertiary/aromatic N) is 4. The molecule has 1 amide bonds. The Bertz CT molecular complexity index is 1090. The number of hydrogen-bond acceptors (Lipinski definition) is 6. The lowest BCUT2D eigenvalue weighted by Gasteiger charge is -2.33. The molecule has 8 nitrogen and oxygen atoms in total. The average molecular weight is 426 g/mol. The molecule has 0 radical (unpaired) electrons. The summed E-state index contributed by atoms with van der Waals surface area (Å²) >= 11 is 0. The van der Waals surface area contributed by atoms with Crippen LogP contribution < -0.4 is 5.32 Å². The van der Waals surface area contributed by atoms with E-state index in [2.05, 4.69) is 15.4 Å². The number of hydrogen-bond donors (Lipinski definition) is 1. The second kappa shape index (κ2) is 8.76. The molecule has 1 aliphatic rings. The first-order chi connectivity index (χ1) is 14.5. The van der Waals surface area contributed by atoms with Crippen LogP contribution in [-0.2, 0) is 21.2 Å². The Hall–Kier alpha value is -3.04. The topological polar surface area (TPSA) is 97.2 Å². The lowest BCUT2D eigenvalue weighted by atomic mass is 10.0. The van der Waals surface area contributed by atoms with Crippen LogP contribution in [0, 0.1) is 0 Å². The van der Waals surface area contributed by atoms with Gasteiger partial charge in [-0.05, 0) is 11.1 Å². The van der Waals surface area contributed by atoms with Gasteiger partial charge in [-0.2, -0.15) is 0 Å². The zero-order chi connectivity index (χ0) is 21.0. The van der Waals surface area contributed by atoms with Gasteiger partial charge in [0.25, 0.3) is 0 Å². The van der Waals surface area contributed by atoms with Gasteiger partial charge in [0, 0.05) is 13.1 Å². The molecule has 1 fully saturated rings. The number of anilines is 1. The molecule has 1 aromatic heterocycles. The summed E-state index contributed by atoms with van der Waals surface area (Å²) in [7, 11) is -3.04. The molecular formula is C21H23N5O3S. The van der Waals surface area contributed by atoms with Crippen molar-refractivity contribution in [2.24, 2.45) is 0 Å². The molecule has 30 heavy (non-hydrogen) atoms. The van der Waals surface area contributed by atoms with E-state index in [1.165, 1.54) is 0 Å². The van der Waals surface area contributed by atoms with E-state index in [-0.39, 0.29) is 23.4 Å². The molecule has 2 heterocycles. The second-order valence-corrected chi connectivity index (χ2v) is 9.55. The Kier molecular flexibility index (Phi) is 5.91. The summed E-state index contributed by atoms with van der Waals surface area (Å²) in [4.78, 5) is 19.2. The number of nitrogens with one attached hydrogen (secondary N) is 1. The van der Waals surface area contributed by atoms with Gasteiger partial charge in [0.05, 0.1) is 18.1 Å². The van der Waals surface area contributed by atoms with Gasteiger partial charge in [-0.15, -0.1) is 5.10 Å². The highest BCUT2D eigenvalue weighted by molar-refractivity contribution is 7.91. The lowest BCUT2D eigenvalue weighted by molar-refractivity contribution is -0.121. The van der Waals surface area contributed by atoms with Crippen LogP contribution >= 0.6 is 0 Å². The fourth-order valence-electron chi connectivity index (χ4n) is 3.53. The van der Waals surface area contributed by atoms with Crippen molar-refractivity contribution in [1.29, 1.82) is 0 Å². The number of amides is 1. The van der Waals surface area contributed by atoms with E-state index in [1.807, 2.05) is 65.6 Å². The van der Waals surface area contributed by atoms with Gasteiger partial charge in [0.2, 0.25) is 11.9 Å². The normalized spacial score (nSPS) is 17.3. The van der Waals surface area contributed by atoms with Crippen molar-refractivity contribution in [3.8, 4) is 0 Å². The SMILES string of the molecule is O=C(Nc1ncn(Cc2ccccc2)n1)C(c1ccccc1)N1CCS(=O)(=O)CC1. The van der Waals surface area contributed by atoms with Crippen molar-refractivity contribution in [1.82, 2.24) is 19.7 Å². The van der Waals surface area contributed by atoms with E-state index in [1.54, 1.807) is 11.0 Å². The van der Waals surface area contributed by atoms with Gasteiger partial charge in [0.1, 0.15) is 12.4 Å². The van der Waals surface area contributed by atoms with Crippen LogP contribution in [0.3, 0.4) is 0 Å². The summed E-state index contributed by atoms with van der Waals surface area (Å²) in [5.41, 5.74) is 1.88. The van der Waals surface area contributed by atoms with Crippen molar-refractivity contribution in [3.63, 3.8) is 0 Å². The minimum Gasteiger partial charge on any atom is -0.292 e. The summed E-state index contributed by atoms with van der Waals surface area (Å²) in [6, 6.07) is 18.6. The maximum atomic E-state index is 13.1. The van der Waals surface area contributed by atoms with Crippen LogP contribution in [0.1, 0.15) is 17.2 Å². The number of benzene rings is 2. The minimum atomic E-state index is -3.04. The number of carbonyl (C=O) groups excluding carboxylic acids is 1. The third-order valence-electron chi connectivity index (χ3n) is 5.07. The van der Waals surface area contributed by atoms with Crippen LogP contribution in [0.2, 0.25) is 0 Å². The molecule has 1 atom stereocenters. The van der Waals surface area contributed by atoms with Crippen molar-refractivity contribution in [2.45, 2.75) is 12.6 Å². The zero-order valence-electron chi connectivity index (χ0n) is 16.4. The zero-order valence-corrected chi connectivity index (χ0v) is 17.2. The molecule has 9 heteroatoms. The number of sulfone groups is 1. The third kappa shape index (κ3) is 4.92.